The second kappa shape index (κ2) is 7.38. The van der Waals surface area contributed by atoms with E-state index >= 15 is 0 Å². The maximum Gasteiger partial charge on any atom is 0.345 e. The largest absolute Gasteiger partial charge is 0.497 e. The topological polar surface area (TPSA) is 55.8 Å². The quantitative estimate of drug-likeness (QED) is 0.860. The van der Waals surface area contributed by atoms with Crippen molar-refractivity contribution in [3.63, 3.8) is 0 Å². The number of hydrogen-bond acceptors (Lipinski definition) is 3. The fraction of sp³-hybridized carbons (Fsp3) is 0.188. The van der Waals surface area contributed by atoms with E-state index in [0.29, 0.717) is 27.1 Å². The molecule has 0 aliphatic heterocycles. The van der Waals surface area contributed by atoms with Crippen LogP contribution in [0.4, 0.5) is 0 Å². The fourth-order valence-electron chi connectivity index (χ4n) is 1.96. The van der Waals surface area contributed by atoms with E-state index in [1.54, 1.807) is 42.5 Å². The van der Waals surface area contributed by atoms with Crippen molar-refractivity contribution in [2.24, 2.45) is 0 Å². The number of carboxylic acids is 1. The van der Waals surface area contributed by atoms with Gasteiger partial charge in [-0.15, -0.1) is 0 Å². The molecule has 0 fully saturated rings. The molecule has 0 heterocycles. The third kappa shape index (κ3) is 4.55. The first-order chi connectivity index (χ1) is 10.5. The van der Waals surface area contributed by atoms with Gasteiger partial charge in [0.15, 0.2) is 6.10 Å². The molecule has 4 nitrogen and oxygen atoms in total. The first-order valence-corrected chi connectivity index (χ1v) is 7.22. The van der Waals surface area contributed by atoms with Crippen LogP contribution in [0, 0.1) is 0 Å². The van der Waals surface area contributed by atoms with Gasteiger partial charge >= 0.3 is 5.97 Å². The normalized spacial score (nSPS) is 11.8. The second-order valence-corrected chi connectivity index (χ2v) is 5.48. The summed E-state index contributed by atoms with van der Waals surface area (Å²) in [4.78, 5) is 11.4. The predicted octanol–water partition coefficient (Wildman–Crippen LogP) is 4.08. The molecule has 2 aromatic rings. The van der Waals surface area contributed by atoms with Crippen molar-refractivity contribution in [3.8, 4) is 11.5 Å². The Balaban J connectivity index is 2.17. The number of methoxy groups -OCH3 is 1. The van der Waals surface area contributed by atoms with Crippen LogP contribution in [-0.2, 0) is 11.2 Å². The zero-order valence-electron chi connectivity index (χ0n) is 11.8. The predicted molar refractivity (Wildman–Crippen MR) is 85.2 cm³/mol. The number of rotatable bonds is 6. The molecule has 0 saturated carbocycles. The summed E-state index contributed by atoms with van der Waals surface area (Å²) >= 11 is 11.8. The van der Waals surface area contributed by atoms with Gasteiger partial charge in [-0.05, 0) is 35.9 Å². The van der Waals surface area contributed by atoms with E-state index < -0.39 is 12.1 Å². The van der Waals surface area contributed by atoms with E-state index in [2.05, 4.69) is 0 Å². The number of carbonyl (C=O) groups is 1. The van der Waals surface area contributed by atoms with Crippen molar-refractivity contribution in [1.82, 2.24) is 0 Å². The molecular formula is C16H14Cl2O4. The van der Waals surface area contributed by atoms with Crippen LogP contribution in [0.3, 0.4) is 0 Å². The second-order valence-electron chi connectivity index (χ2n) is 4.61. The average molecular weight is 341 g/mol. The van der Waals surface area contributed by atoms with Gasteiger partial charge in [0, 0.05) is 22.5 Å². The van der Waals surface area contributed by atoms with Crippen LogP contribution in [0.2, 0.25) is 10.0 Å². The summed E-state index contributed by atoms with van der Waals surface area (Å²) < 4.78 is 10.6. The van der Waals surface area contributed by atoms with E-state index in [-0.39, 0.29) is 6.42 Å². The third-order valence-corrected chi connectivity index (χ3v) is 3.37. The third-order valence-electron chi connectivity index (χ3n) is 2.94. The van der Waals surface area contributed by atoms with Crippen LogP contribution < -0.4 is 9.47 Å². The molecule has 0 spiro atoms. The minimum absolute atomic E-state index is 0.146. The molecule has 0 saturated heterocycles. The number of carboxylic acid groups (broad SMARTS) is 1. The minimum atomic E-state index is -1.07. The fourth-order valence-corrected chi connectivity index (χ4v) is 2.53. The van der Waals surface area contributed by atoms with Crippen LogP contribution in [0.1, 0.15) is 5.56 Å². The van der Waals surface area contributed by atoms with E-state index in [1.807, 2.05) is 0 Å². The lowest BCUT2D eigenvalue weighted by molar-refractivity contribution is -0.145. The molecule has 2 rings (SSSR count). The van der Waals surface area contributed by atoms with Crippen LogP contribution in [0.15, 0.2) is 42.5 Å². The van der Waals surface area contributed by atoms with E-state index in [1.165, 1.54) is 7.11 Å². The summed E-state index contributed by atoms with van der Waals surface area (Å²) in [5, 5.41) is 10.2. The molecule has 0 aliphatic carbocycles. The van der Waals surface area contributed by atoms with Gasteiger partial charge in [0.25, 0.3) is 0 Å². The lowest BCUT2D eigenvalue weighted by atomic mass is 10.1. The first kappa shape index (κ1) is 16.5. The lowest BCUT2D eigenvalue weighted by Gasteiger charge is -2.16. The van der Waals surface area contributed by atoms with E-state index in [9.17, 15) is 9.90 Å². The smallest absolute Gasteiger partial charge is 0.345 e. The zero-order chi connectivity index (χ0) is 16.1. The first-order valence-electron chi connectivity index (χ1n) is 6.46. The van der Waals surface area contributed by atoms with Crippen LogP contribution in [0.5, 0.6) is 11.5 Å². The molecule has 0 unspecified atom stereocenters. The molecule has 6 heteroatoms. The van der Waals surface area contributed by atoms with Gasteiger partial charge in [0.2, 0.25) is 0 Å². The molecule has 0 aromatic heterocycles. The van der Waals surface area contributed by atoms with E-state index in [4.69, 9.17) is 32.7 Å². The van der Waals surface area contributed by atoms with Crippen LogP contribution in [0.25, 0.3) is 0 Å². The SMILES string of the molecule is COc1cccc(O[C@H](Cc2cc(Cl)cc(Cl)c2)C(=O)O)c1. The van der Waals surface area contributed by atoms with Gasteiger partial charge in [0.1, 0.15) is 11.5 Å². The van der Waals surface area contributed by atoms with Gasteiger partial charge in [-0.2, -0.15) is 0 Å². The Bertz CT molecular complexity index is 653. The monoisotopic (exact) mass is 340 g/mol. The summed E-state index contributed by atoms with van der Waals surface area (Å²) in [7, 11) is 1.53. The highest BCUT2D eigenvalue weighted by Gasteiger charge is 2.20. The number of hydrogen-bond donors (Lipinski definition) is 1. The van der Waals surface area contributed by atoms with Crippen molar-refractivity contribution >= 4 is 29.2 Å². The maximum absolute atomic E-state index is 11.4. The number of aliphatic carboxylic acids is 1. The van der Waals surface area contributed by atoms with Gasteiger partial charge in [-0.25, -0.2) is 4.79 Å². The highest BCUT2D eigenvalue weighted by atomic mass is 35.5. The Morgan fingerprint density at radius 2 is 1.77 bits per heavy atom. The van der Waals surface area contributed by atoms with Gasteiger partial charge in [-0.1, -0.05) is 29.3 Å². The average Bonchev–Trinajstić information content (AvgIpc) is 2.45. The van der Waals surface area contributed by atoms with Crippen molar-refractivity contribution in [2.45, 2.75) is 12.5 Å². The summed E-state index contributed by atoms with van der Waals surface area (Å²) in [6, 6.07) is 11.7. The molecule has 116 valence electrons. The number of ether oxygens (including phenoxy) is 2. The standard InChI is InChI=1S/C16H14Cl2O4/c1-21-13-3-2-4-14(9-13)22-15(16(19)20)7-10-5-11(17)8-12(18)6-10/h2-6,8-9,15H,7H2,1H3,(H,19,20)/t15-/m1/s1. The van der Waals surface area contributed by atoms with Crippen molar-refractivity contribution in [2.75, 3.05) is 7.11 Å². The maximum atomic E-state index is 11.4. The summed E-state index contributed by atoms with van der Waals surface area (Å²) in [6.45, 7) is 0. The Hall–Kier alpha value is -1.91. The summed E-state index contributed by atoms with van der Waals surface area (Å²) in [5.41, 5.74) is 0.688. The van der Waals surface area contributed by atoms with E-state index in [0.717, 1.165) is 0 Å². The molecule has 0 bridgehead atoms. The summed E-state index contributed by atoms with van der Waals surface area (Å²) in [6.07, 6.45) is -0.908. The Labute approximate surface area is 138 Å². The van der Waals surface area contributed by atoms with Crippen LogP contribution in [-0.4, -0.2) is 24.3 Å². The molecule has 0 radical (unpaired) electrons. The van der Waals surface area contributed by atoms with Crippen molar-refractivity contribution in [1.29, 1.82) is 0 Å². The Kier molecular flexibility index (Phi) is 5.52. The highest BCUT2D eigenvalue weighted by Crippen LogP contribution is 2.23. The molecule has 1 atom stereocenters. The van der Waals surface area contributed by atoms with Gasteiger partial charge in [0.05, 0.1) is 7.11 Å². The molecule has 0 amide bonds. The van der Waals surface area contributed by atoms with Crippen molar-refractivity contribution in [3.05, 3.63) is 58.1 Å². The lowest BCUT2D eigenvalue weighted by Crippen LogP contribution is -2.29. The van der Waals surface area contributed by atoms with Crippen LogP contribution >= 0.6 is 23.2 Å². The molecule has 22 heavy (non-hydrogen) atoms. The van der Waals surface area contributed by atoms with Gasteiger partial charge in [-0.3, -0.25) is 0 Å². The molecule has 1 N–H and O–H groups in total. The zero-order valence-corrected chi connectivity index (χ0v) is 13.3. The molecular weight excluding hydrogens is 327 g/mol. The minimum Gasteiger partial charge on any atom is -0.497 e. The highest BCUT2D eigenvalue weighted by molar-refractivity contribution is 6.34. The summed E-state index contributed by atoms with van der Waals surface area (Å²) in [5.74, 6) is -0.0637. The Morgan fingerprint density at radius 1 is 1.14 bits per heavy atom. The number of halogens is 2. The number of benzene rings is 2. The van der Waals surface area contributed by atoms with Crippen molar-refractivity contribution < 1.29 is 19.4 Å². The Morgan fingerprint density at radius 3 is 2.36 bits per heavy atom. The molecule has 0 aliphatic rings. The molecule has 2 aromatic carbocycles. The van der Waals surface area contributed by atoms with Gasteiger partial charge < -0.3 is 14.6 Å².